The van der Waals surface area contributed by atoms with Gasteiger partial charge in [-0.15, -0.1) is 0 Å². The minimum absolute atomic E-state index is 0.472. The normalized spacial score (nSPS) is 31.9. The van der Waals surface area contributed by atoms with E-state index in [0.29, 0.717) is 17.6 Å². The Hall–Kier alpha value is -0.120. The molecule has 0 aromatic rings. The first-order valence-corrected chi connectivity index (χ1v) is 8.34. The van der Waals surface area contributed by atoms with E-state index in [1.54, 1.807) is 0 Å². The zero-order valence-electron chi connectivity index (χ0n) is 12.7. The average molecular weight is 266 g/mol. The topological polar surface area (TPSA) is 24.5 Å². The van der Waals surface area contributed by atoms with Crippen LogP contribution in [0.3, 0.4) is 0 Å². The number of rotatable bonds is 7. The second-order valence-electron chi connectivity index (χ2n) is 7.01. The molecule has 2 atom stereocenters. The smallest absolute Gasteiger partial charge is 0.0707 e. The molecule has 3 rings (SSSR count). The van der Waals surface area contributed by atoms with Gasteiger partial charge in [-0.25, -0.2) is 0 Å². The molecule has 1 aliphatic carbocycles. The van der Waals surface area contributed by atoms with Gasteiger partial charge in [-0.05, 0) is 43.9 Å². The van der Waals surface area contributed by atoms with Crippen LogP contribution in [0.2, 0.25) is 0 Å². The van der Waals surface area contributed by atoms with Crippen molar-refractivity contribution in [2.75, 3.05) is 26.2 Å². The van der Waals surface area contributed by atoms with Crippen molar-refractivity contribution in [2.24, 2.45) is 5.41 Å². The maximum Gasteiger partial charge on any atom is 0.0707 e. The number of fused-ring (bicyclic) bond motifs is 2. The molecular weight excluding hydrogens is 236 g/mol. The van der Waals surface area contributed by atoms with Gasteiger partial charge in [0.05, 0.1) is 12.2 Å². The Morgan fingerprint density at radius 3 is 2.21 bits per heavy atom. The first-order chi connectivity index (χ1) is 9.23. The Morgan fingerprint density at radius 1 is 1.05 bits per heavy atom. The van der Waals surface area contributed by atoms with E-state index in [1.807, 2.05) is 0 Å². The highest BCUT2D eigenvalue weighted by Gasteiger charge is 2.38. The van der Waals surface area contributed by atoms with Crippen LogP contribution in [0.25, 0.3) is 0 Å². The summed E-state index contributed by atoms with van der Waals surface area (Å²) in [5.74, 6) is 0. The van der Waals surface area contributed by atoms with E-state index in [-0.39, 0.29) is 0 Å². The zero-order chi connectivity index (χ0) is 13.3. The van der Waals surface area contributed by atoms with Crippen LogP contribution in [-0.2, 0) is 4.74 Å². The highest BCUT2D eigenvalue weighted by Crippen LogP contribution is 2.33. The number of hydrogen-bond donors (Lipinski definition) is 1. The summed E-state index contributed by atoms with van der Waals surface area (Å²) in [6, 6.07) is 0.832. The van der Waals surface area contributed by atoms with Crippen molar-refractivity contribution in [1.29, 1.82) is 0 Å². The first-order valence-electron chi connectivity index (χ1n) is 8.34. The minimum Gasteiger partial charge on any atom is -0.372 e. The van der Waals surface area contributed by atoms with Gasteiger partial charge in [0, 0.05) is 32.2 Å². The van der Waals surface area contributed by atoms with E-state index in [2.05, 4.69) is 24.1 Å². The predicted octanol–water partition coefficient (Wildman–Crippen LogP) is 2.41. The maximum absolute atomic E-state index is 5.96. The molecule has 19 heavy (non-hydrogen) atoms. The fourth-order valence-electron chi connectivity index (χ4n) is 3.73. The first kappa shape index (κ1) is 13.8. The third kappa shape index (κ3) is 3.32. The molecular formula is C16H30N2O. The minimum atomic E-state index is 0.472. The second-order valence-corrected chi connectivity index (χ2v) is 7.01. The summed E-state index contributed by atoms with van der Waals surface area (Å²) in [6.07, 6.45) is 8.99. The van der Waals surface area contributed by atoms with Crippen LogP contribution in [0, 0.1) is 5.41 Å². The van der Waals surface area contributed by atoms with Crippen LogP contribution in [0.15, 0.2) is 0 Å². The Labute approximate surface area is 118 Å². The largest absolute Gasteiger partial charge is 0.372 e. The van der Waals surface area contributed by atoms with Gasteiger partial charge in [0.25, 0.3) is 0 Å². The molecule has 2 saturated heterocycles. The van der Waals surface area contributed by atoms with Crippen molar-refractivity contribution < 1.29 is 4.74 Å². The van der Waals surface area contributed by atoms with Gasteiger partial charge < -0.3 is 10.1 Å². The maximum atomic E-state index is 5.96. The number of morpholine rings is 1. The molecule has 0 radical (unpaired) electrons. The number of ether oxygens (including phenoxy) is 1. The van der Waals surface area contributed by atoms with Crippen LogP contribution in [0.4, 0.5) is 0 Å². The third-order valence-corrected chi connectivity index (χ3v) is 5.52. The van der Waals surface area contributed by atoms with Crippen molar-refractivity contribution in [1.82, 2.24) is 10.2 Å². The molecule has 0 aromatic carbocycles. The predicted molar refractivity (Wildman–Crippen MR) is 78.4 cm³/mol. The van der Waals surface area contributed by atoms with Gasteiger partial charge >= 0.3 is 0 Å². The molecule has 1 saturated carbocycles. The second kappa shape index (κ2) is 5.71. The van der Waals surface area contributed by atoms with Gasteiger partial charge in [0.15, 0.2) is 0 Å². The Kier molecular flexibility index (Phi) is 4.16. The van der Waals surface area contributed by atoms with Gasteiger partial charge in [-0.1, -0.05) is 13.8 Å². The van der Waals surface area contributed by atoms with E-state index < -0.39 is 0 Å². The van der Waals surface area contributed by atoms with Crippen LogP contribution in [0.5, 0.6) is 0 Å². The summed E-state index contributed by atoms with van der Waals surface area (Å²) in [4.78, 5) is 2.69. The van der Waals surface area contributed by atoms with Crippen molar-refractivity contribution in [3.8, 4) is 0 Å². The molecule has 3 fully saturated rings. The Bertz CT molecular complexity index is 287. The van der Waals surface area contributed by atoms with E-state index in [4.69, 9.17) is 4.74 Å². The van der Waals surface area contributed by atoms with Crippen LogP contribution < -0.4 is 5.32 Å². The zero-order valence-corrected chi connectivity index (χ0v) is 12.7. The summed E-state index contributed by atoms with van der Waals surface area (Å²) in [5.41, 5.74) is 0.472. The molecule has 110 valence electrons. The SMILES string of the molecule is CCC(CC)(CNC1CC1)CN1CC2CCC(C1)O2. The van der Waals surface area contributed by atoms with Gasteiger partial charge in [-0.3, -0.25) is 4.90 Å². The van der Waals surface area contributed by atoms with Crippen molar-refractivity contribution in [2.45, 2.75) is 70.6 Å². The van der Waals surface area contributed by atoms with E-state index in [0.717, 1.165) is 6.04 Å². The molecule has 2 unspecified atom stereocenters. The number of nitrogens with zero attached hydrogens (tertiary/aromatic N) is 1. The highest BCUT2D eigenvalue weighted by molar-refractivity contribution is 4.92. The summed E-state index contributed by atoms with van der Waals surface area (Å²) in [6.45, 7) is 9.54. The van der Waals surface area contributed by atoms with E-state index in [1.165, 1.54) is 64.7 Å². The molecule has 2 heterocycles. The van der Waals surface area contributed by atoms with Crippen LogP contribution in [-0.4, -0.2) is 49.3 Å². The summed E-state index contributed by atoms with van der Waals surface area (Å²) in [7, 11) is 0. The number of likely N-dealkylation sites (tertiary alicyclic amines) is 1. The Morgan fingerprint density at radius 2 is 1.68 bits per heavy atom. The lowest BCUT2D eigenvalue weighted by molar-refractivity contribution is -0.0514. The lowest BCUT2D eigenvalue weighted by Crippen LogP contribution is -2.50. The van der Waals surface area contributed by atoms with E-state index in [9.17, 15) is 0 Å². The van der Waals surface area contributed by atoms with Crippen molar-refractivity contribution in [3.63, 3.8) is 0 Å². The quantitative estimate of drug-likeness (QED) is 0.766. The molecule has 0 spiro atoms. The van der Waals surface area contributed by atoms with Gasteiger partial charge in [0.2, 0.25) is 0 Å². The van der Waals surface area contributed by atoms with Gasteiger partial charge in [0.1, 0.15) is 0 Å². The monoisotopic (exact) mass is 266 g/mol. The fraction of sp³-hybridized carbons (Fsp3) is 1.00. The van der Waals surface area contributed by atoms with Gasteiger partial charge in [-0.2, -0.15) is 0 Å². The molecule has 2 bridgehead atoms. The average Bonchev–Trinajstić information content (AvgIpc) is 3.20. The van der Waals surface area contributed by atoms with Crippen LogP contribution in [0.1, 0.15) is 52.4 Å². The third-order valence-electron chi connectivity index (χ3n) is 5.52. The van der Waals surface area contributed by atoms with E-state index >= 15 is 0 Å². The molecule has 0 aromatic heterocycles. The molecule has 2 aliphatic heterocycles. The Balaban J connectivity index is 1.56. The molecule has 1 N–H and O–H groups in total. The summed E-state index contributed by atoms with van der Waals surface area (Å²) in [5, 5.41) is 3.77. The van der Waals surface area contributed by atoms with Crippen molar-refractivity contribution >= 4 is 0 Å². The van der Waals surface area contributed by atoms with Crippen LogP contribution >= 0.6 is 0 Å². The molecule has 0 amide bonds. The summed E-state index contributed by atoms with van der Waals surface area (Å²) >= 11 is 0. The highest BCUT2D eigenvalue weighted by atomic mass is 16.5. The molecule has 3 heteroatoms. The number of nitrogens with one attached hydrogen (secondary N) is 1. The fourth-order valence-corrected chi connectivity index (χ4v) is 3.73. The lowest BCUT2D eigenvalue weighted by atomic mass is 9.81. The molecule has 3 nitrogen and oxygen atoms in total. The van der Waals surface area contributed by atoms with Crippen molar-refractivity contribution in [3.05, 3.63) is 0 Å². The summed E-state index contributed by atoms with van der Waals surface area (Å²) < 4.78 is 5.96. The number of hydrogen-bond acceptors (Lipinski definition) is 3. The standard InChI is InChI=1S/C16H30N2O/c1-3-16(4-2,11-17-13-5-6-13)12-18-9-14-7-8-15(10-18)19-14/h13-15,17H,3-12H2,1-2H3. The lowest BCUT2D eigenvalue weighted by Gasteiger charge is -2.41. The molecule has 3 aliphatic rings.